The molecule has 218 valence electrons. The van der Waals surface area contributed by atoms with Crippen LogP contribution in [0.25, 0.3) is 11.4 Å². The summed E-state index contributed by atoms with van der Waals surface area (Å²) in [5.74, 6) is -0.823. The van der Waals surface area contributed by atoms with Crippen molar-refractivity contribution in [3.63, 3.8) is 0 Å². The van der Waals surface area contributed by atoms with Crippen molar-refractivity contribution in [1.82, 2.24) is 19.2 Å². The molecule has 41 heavy (non-hydrogen) atoms. The number of esters is 1. The second-order valence-corrected chi connectivity index (χ2v) is 13.6. The third-order valence-electron chi connectivity index (χ3n) is 7.05. The summed E-state index contributed by atoms with van der Waals surface area (Å²) >= 11 is 0. The Morgan fingerprint density at radius 3 is 2.17 bits per heavy atom. The maximum absolute atomic E-state index is 13.9. The van der Waals surface area contributed by atoms with Crippen LogP contribution >= 0.6 is 0 Å². The molecule has 0 aliphatic carbocycles. The number of ether oxygens (including phenoxy) is 1. The number of aromatic nitrogens is 2. The van der Waals surface area contributed by atoms with Gasteiger partial charge in [-0.1, -0.05) is 63.2 Å². The molecule has 0 N–H and O–H groups in total. The smallest absolute Gasteiger partial charge is 0.342 e. The second-order valence-electron chi connectivity index (χ2n) is 11.7. The van der Waals surface area contributed by atoms with E-state index in [0.717, 1.165) is 5.56 Å². The zero-order chi connectivity index (χ0) is 30.1. The lowest BCUT2D eigenvalue weighted by molar-refractivity contribution is 0.0368. The van der Waals surface area contributed by atoms with Crippen molar-refractivity contribution in [3.05, 3.63) is 77.1 Å². The highest BCUT2D eigenvalue weighted by atomic mass is 32.2. The molecule has 2 heterocycles. The number of carbonyl (C=O) groups is 2. The van der Waals surface area contributed by atoms with Gasteiger partial charge in [0.25, 0.3) is 5.91 Å². The van der Waals surface area contributed by atoms with Crippen LogP contribution < -0.4 is 0 Å². The van der Waals surface area contributed by atoms with Gasteiger partial charge in [0, 0.05) is 31.2 Å². The zero-order valence-electron chi connectivity index (χ0n) is 24.7. The van der Waals surface area contributed by atoms with Gasteiger partial charge < -0.3 is 9.64 Å². The number of aryl methyl sites for hydroxylation is 1. The van der Waals surface area contributed by atoms with Crippen LogP contribution in [0.15, 0.2) is 59.5 Å². The Balaban J connectivity index is 1.63. The van der Waals surface area contributed by atoms with E-state index in [1.54, 1.807) is 44.7 Å². The van der Waals surface area contributed by atoms with E-state index < -0.39 is 34.0 Å². The minimum atomic E-state index is -3.78. The molecule has 1 atom stereocenters. The second kappa shape index (κ2) is 11.7. The lowest BCUT2D eigenvalue weighted by Crippen LogP contribution is -2.55. The van der Waals surface area contributed by atoms with Crippen LogP contribution in [0.4, 0.5) is 0 Å². The van der Waals surface area contributed by atoms with Crippen molar-refractivity contribution in [1.29, 1.82) is 0 Å². The maximum atomic E-state index is 13.9. The van der Waals surface area contributed by atoms with Gasteiger partial charge >= 0.3 is 5.97 Å². The molecule has 3 aromatic rings. The summed E-state index contributed by atoms with van der Waals surface area (Å²) in [7, 11) is -3.78. The van der Waals surface area contributed by atoms with E-state index in [2.05, 4.69) is 30.7 Å². The summed E-state index contributed by atoms with van der Waals surface area (Å²) in [6.45, 7) is 13.5. The van der Waals surface area contributed by atoms with Gasteiger partial charge in [0.15, 0.2) is 5.82 Å². The SMILES string of the molecule is Cc1nc(-c2ccccc2)nc(C(=O)N2CCN(S(=O)(=O)c3ccc(C(C)(C)C)cc3)C(C)C2)c1C(=O)OC(C)C. The number of piperazine rings is 1. The van der Waals surface area contributed by atoms with Gasteiger partial charge in [-0.05, 0) is 50.8 Å². The van der Waals surface area contributed by atoms with E-state index in [0.29, 0.717) is 17.1 Å². The number of sulfonamides is 1. The molecule has 10 heteroatoms. The summed E-state index contributed by atoms with van der Waals surface area (Å²) in [6.07, 6.45) is -0.398. The van der Waals surface area contributed by atoms with Crippen molar-refractivity contribution in [3.8, 4) is 11.4 Å². The predicted octanol–water partition coefficient (Wildman–Crippen LogP) is 4.85. The van der Waals surface area contributed by atoms with E-state index in [1.165, 1.54) is 4.31 Å². The highest BCUT2D eigenvalue weighted by Gasteiger charge is 2.37. The third kappa shape index (κ3) is 6.49. The zero-order valence-corrected chi connectivity index (χ0v) is 25.5. The molecular weight excluding hydrogens is 540 g/mol. The number of rotatable bonds is 6. The molecule has 9 nitrogen and oxygen atoms in total. The summed E-state index contributed by atoms with van der Waals surface area (Å²) in [4.78, 5) is 37.8. The molecule has 1 unspecified atom stereocenters. The molecule has 1 saturated heterocycles. The maximum Gasteiger partial charge on any atom is 0.342 e. The van der Waals surface area contributed by atoms with Gasteiger partial charge in [-0.3, -0.25) is 4.79 Å². The van der Waals surface area contributed by atoms with Gasteiger partial charge in [0.2, 0.25) is 10.0 Å². The summed E-state index contributed by atoms with van der Waals surface area (Å²) in [5, 5.41) is 0. The normalized spacial score (nSPS) is 16.6. The van der Waals surface area contributed by atoms with Crippen LogP contribution in [0.5, 0.6) is 0 Å². The average molecular weight is 579 g/mol. The van der Waals surface area contributed by atoms with Gasteiger partial charge in [-0.25, -0.2) is 23.2 Å². The van der Waals surface area contributed by atoms with Crippen molar-refractivity contribution < 1.29 is 22.7 Å². The highest BCUT2D eigenvalue weighted by Crippen LogP contribution is 2.28. The Morgan fingerprint density at radius 2 is 1.61 bits per heavy atom. The van der Waals surface area contributed by atoms with Crippen LogP contribution in [0.2, 0.25) is 0 Å². The summed E-state index contributed by atoms with van der Waals surface area (Å²) in [5.41, 5.74) is 1.95. The molecule has 1 fully saturated rings. The van der Waals surface area contributed by atoms with Crippen LogP contribution in [0, 0.1) is 6.92 Å². The number of hydrogen-bond acceptors (Lipinski definition) is 7. The molecule has 4 rings (SSSR count). The number of carbonyl (C=O) groups excluding carboxylic acids is 2. The Hall–Kier alpha value is -3.63. The Kier molecular flexibility index (Phi) is 8.65. The van der Waals surface area contributed by atoms with E-state index in [4.69, 9.17) is 4.74 Å². The van der Waals surface area contributed by atoms with E-state index in [1.807, 2.05) is 42.5 Å². The van der Waals surface area contributed by atoms with E-state index in [9.17, 15) is 18.0 Å². The minimum absolute atomic E-state index is 0.0185. The van der Waals surface area contributed by atoms with Crippen LogP contribution in [0.1, 0.15) is 73.6 Å². The molecule has 0 radical (unpaired) electrons. The first-order valence-corrected chi connectivity index (χ1v) is 15.2. The Bertz CT molecular complexity index is 1530. The molecule has 2 aromatic carbocycles. The summed E-state index contributed by atoms with van der Waals surface area (Å²) < 4.78 is 33.9. The van der Waals surface area contributed by atoms with Gasteiger partial charge in [-0.2, -0.15) is 4.31 Å². The Morgan fingerprint density at radius 1 is 0.976 bits per heavy atom. The van der Waals surface area contributed by atoms with Crippen LogP contribution in [-0.2, 0) is 20.2 Å². The highest BCUT2D eigenvalue weighted by molar-refractivity contribution is 7.89. The van der Waals surface area contributed by atoms with E-state index in [-0.39, 0.29) is 41.2 Å². The fourth-order valence-electron chi connectivity index (χ4n) is 4.86. The van der Waals surface area contributed by atoms with Crippen LogP contribution in [0.3, 0.4) is 0 Å². The molecule has 1 aliphatic heterocycles. The predicted molar refractivity (Wildman–Crippen MR) is 157 cm³/mol. The summed E-state index contributed by atoms with van der Waals surface area (Å²) in [6, 6.07) is 15.7. The molecule has 0 bridgehead atoms. The van der Waals surface area contributed by atoms with Crippen molar-refractivity contribution in [2.45, 2.75) is 70.9 Å². The topological polar surface area (TPSA) is 110 Å². The molecule has 1 amide bonds. The molecule has 1 aliphatic rings. The van der Waals surface area contributed by atoms with Gasteiger partial charge in [0.1, 0.15) is 11.3 Å². The van der Waals surface area contributed by atoms with Gasteiger partial charge in [0.05, 0.1) is 16.7 Å². The number of nitrogens with zero attached hydrogens (tertiary/aromatic N) is 4. The van der Waals surface area contributed by atoms with Gasteiger partial charge in [-0.15, -0.1) is 0 Å². The third-order valence-corrected chi connectivity index (χ3v) is 9.08. The van der Waals surface area contributed by atoms with Crippen molar-refractivity contribution >= 4 is 21.9 Å². The molecule has 0 spiro atoms. The Labute approximate surface area is 242 Å². The largest absolute Gasteiger partial charge is 0.459 e. The first kappa shape index (κ1) is 30.3. The first-order chi connectivity index (χ1) is 19.2. The minimum Gasteiger partial charge on any atom is -0.459 e. The lowest BCUT2D eigenvalue weighted by atomic mass is 9.87. The van der Waals surface area contributed by atoms with Crippen LogP contribution in [-0.4, -0.2) is 71.2 Å². The van der Waals surface area contributed by atoms with Crippen molar-refractivity contribution in [2.24, 2.45) is 0 Å². The van der Waals surface area contributed by atoms with Crippen molar-refractivity contribution in [2.75, 3.05) is 19.6 Å². The molecule has 1 aromatic heterocycles. The number of hydrogen-bond donors (Lipinski definition) is 0. The quantitative estimate of drug-likeness (QED) is 0.385. The van der Waals surface area contributed by atoms with E-state index >= 15 is 0 Å². The monoisotopic (exact) mass is 578 g/mol. The fraction of sp³-hybridized carbons (Fsp3) is 0.419. The molecule has 0 saturated carbocycles. The first-order valence-electron chi connectivity index (χ1n) is 13.8. The lowest BCUT2D eigenvalue weighted by Gasteiger charge is -2.39. The standard InChI is InChI=1S/C31H38N4O5S/c1-20(2)40-30(37)26-22(4)32-28(23-11-9-8-10-12-23)33-27(26)29(36)34-17-18-35(21(3)19-34)41(38,39)25-15-13-24(14-16-25)31(5,6)7/h8-16,20-21H,17-19H2,1-7H3. The number of benzene rings is 2. The number of amides is 1. The average Bonchev–Trinajstić information content (AvgIpc) is 2.91. The molecular formula is C31H38N4O5S. The fourth-order valence-corrected chi connectivity index (χ4v) is 6.47.